The molecule has 0 saturated heterocycles. The van der Waals surface area contributed by atoms with Crippen molar-refractivity contribution < 1.29 is 8.83 Å². The predicted octanol–water partition coefficient (Wildman–Crippen LogP) is 39.0. The fraction of sp³-hybridized carbons (Fsp3) is 0.0308. The lowest BCUT2D eigenvalue weighted by Gasteiger charge is -2.30. The van der Waals surface area contributed by atoms with Crippen molar-refractivity contribution in [3.63, 3.8) is 0 Å². The van der Waals surface area contributed by atoms with Crippen molar-refractivity contribution in [1.29, 1.82) is 0 Å². The quantitative estimate of drug-likeness (QED) is 0.0758. The third-order valence-corrected chi connectivity index (χ3v) is 29.7. The minimum atomic E-state index is 0.787. The van der Waals surface area contributed by atoms with E-state index in [9.17, 15) is 0 Å². The Morgan fingerprint density at radius 2 is 0.636 bits per heavy atom. The Morgan fingerprint density at radius 1 is 0.279 bits per heavy atom. The molecule has 23 aromatic rings. The maximum absolute atomic E-state index is 6.15. The molecule has 17 aromatic carbocycles. The van der Waals surface area contributed by atoms with Gasteiger partial charge in [-0.25, -0.2) is 0 Å². The van der Waals surface area contributed by atoms with Crippen LogP contribution in [0.3, 0.4) is 0 Å². The van der Waals surface area contributed by atoms with Crippen molar-refractivity contribution in [2.45, 2.75) is 25.7 Å². The van der Waals surface area contributed by atoms with Gasteiger partial charge in [-0.15, -0.1) is 11.3 Å². The van der Waals surface area contributed by atoms with Gasteiger partial charge in [0.1, 0.15) is 22.3 Å². The topological polar surface area (TPSA) is 44.3 Å². The summed E-state index contributed by atoms with van der Waals surface area (Å²) in [5.41, 5.74) is 36.4. The molecule has 0 bridgehead atoms. The number of para-hydroxylation sites is 6. The number of thiophene rings is 1. The molecule has 670 valence electrons. The first kappa shape index (κ1) is 88.1. The zero-order chi connectivity index (χ0) is 94.4. The SMILES string of the molecule is BrC1=CC=C(C2=CC=C(N(c3ccccc3)c3ccc(-c4ccc5c(c4)c4ccccc4n5-c4ccccc4)cc3)CC2)CC1.Brc1ccc(-c2ccc(-n3c4ccc(-c5ccc6oc7ccccc7c6c5)cc4c4cc(-c5ccc6oc7ccccc7c6c5)ccc43)cc2)cc1.C=C(Br)/C=C\C(=C)C(=C)/C=C\C(=C)n1c2ccccc2c2cc(-c3ccc(-c4ccc(-c5ccccc5)s4)cc3)ccc21. The van der Waals surface area contributed by atoms with Gasteiger partial charge in [0, 0.05) is 107 Å². The largest absolute Gasteiger partial charge is 0.456 e. The first-order valence-corrected chi connectivity index (χ1v) is 50.3. The van der Waals surface area contributed by atoms with Crippen LogP contribution in [-0.2, 0) is 0 Å². The molecule has 0 saturated carbocycles. The number of aromatic nitrogens is 3. The summed E-state index contributed by atoms with van der Waals surface area (Å²) in [7, 11) is 0. The summed E-state index contributed by atoms with van der Waals surface area (Å²) in [5, 5.41) is 11.9. The lowest BCUT2D eigenvalue weighted by molar-refractivity contribution is 0.668. The van der Waals surface area contributed by atoms with Crippen LogP contribution in [0.4, 0.5) is 11.4 Å². The second kappa shape index (κ2) is 38.2. The van der Waals surface area contributed by atoms with E-state index >= 15 is 0 Å². The van der Waals surface area contributed by atoms with E-state index in [4.69, 9.17) is 8.83 Å². The number of anilines is 2. The summed E-state index contributed by atoms with van der Waals surface area (Å²) in [6.07, 6.45) is 21.1. The first-order valence-electron chi connectivity index (χ1n) is 47.1. The molecule has 0 amide bonds. The summed E-state index contributed by atoms with van der Waals surface area (Å²) in [4.78, 5) is 4.97. The number of furan rings is 2. The van der Waals surface area contributed by atoms with E-state index in [1.807, 2.05) is 59.9 Å². The van der Waals surface area contributed by atoms with Crippen molar-refractivity contribution in [2.24, 2.45) is 0 Å². The van der Waals surface area contributed by atoms with E-state index in [2.05, 4.69) is 499 Å². The van der Waals surface area contributed by atoms with Gasteiger partial charge in [-0.2, -0.15) is 0 Å². The molecule has 0 spiro atoms. The Bertz CT molecular complexity index is 8890. The van der Waals surface area contributed by atoms with Crippen LogP contribution >= 0.6 is 59.1 Å². The monoisotopic (exact) mass is 2010 g/mol. The number of rotatable bonds is 19. The molecular weight excluding hydrogens is 1920 g/mol. The molecule has 0 N–H and O–H groups in total. The second-order valence-electron chi connectivity index (χ2n) is 35.6. The minimum Gasteiger partial charge on any atom is -0.456 e. The number of nitrogens with zero attached hydrogens (tertiary/aromatic N) is 4. The lowest BCUT2D eigenvalue weighted by Crippen LogP contribution is -2.18. The van der Waals surface area contributed by atoms with Gasteiger partial charge in [0.2, 0.25) is 0 Å². The zero-order valence-electron chi connectivity index (χ0n) is 76.6. The highest BCUT2D eigenvalue weighted by molar-refractivity contribution is 9.12. The Labute approximate surface area is 842 Å². The fourth-order valence-electron chi connectivity index (χ4n) is 20.0. The summed E-state index contributed by atoms with van der Waals surface area (Å²) in [6.45, 7) is 16.5. The van der Waals surface area contributed by atoms with Crippen molar-refractivity contribution in [3.05, 3.63) is 523 Å². The summed E-state index contributed by atoms with van der Waals surface area (Å²) in [5.74, 6) is 0. The van der Waals surface area contributed by atoms with Gasteiger partial charge in [0.05, 0.1) is 33.1 Å². The molecule has 0 fully saturated rings. The number of halogens is 3. The molecule has 2 aliphatic carbocycles. The Hall–Kier alpha value is -15.9. The van der Waals surface area contributed by atoms with Crippen molar-refractivity contribution in [1.82, 2.24) is 13.7 Å². The molecule has 6 heterocycles. The molecule has 2 aliphatic rings. The van der Waals surface area contributed by atoms with Gasteiger partial charge < -0.3 is 27.4 Å². The summed E-state index contributed by atoms with van der Waals surface area (Å²) in [6, 6.07) is 146. The maximum atomic E-state index is 6.15. The minimum absolute atomic E-state index is 0.787. The Kier molecular flexibility index (Phi) is 24.0. The van der Waals surface area contributed by atoms with E-state index < -0.39 is 0 Å². The van der Waals surface area contributed by atoms with Gasteiger partial charge in [-0.05, 0) is 307 Å². The van der Waals surface area contributed by atoms with Gasteiger partial charge in [0.25, 0.3) is 0 Å². The molecule has 0 radical (unpaired) electrons. The van der Waals surface area contributed by atoms with Gasteiger partial charge in [-0.1, -0.05) is 341 Å². The predicted molar refractivity (Wildman–Crippen MR) is 607 cm³/mol. The third kappa shape index (κ3) is 17.4. The second-order valence-corrected chi connectivity index (χ2v) is 39.6. The number of hydrogen-bond donors (Lipinski definition) is 0. The average molecular weight is 2010 g/mol. The van der Waals surface area contributed by atoms with Crippen LogP contribution in [0.25, 0.3) is 203 Å². The van der Waals surface area contributed by atoms with E-state index in [1.54, 1.807) is 0 Å². The molecule has 6 aromatic heterocycles. The molecule has 0 atom stereocenters. The van der Waals surface area contributed by atoms with Crippen molar-refractivity contribution >= 4 is 185 Å². The molecule has 25 rings (SSSR count). The number of hydrogen-bond acceptors (Lipinski definition) is 4. The van der Waals surface area contributed by atoms with Crippen LogP contribution in [0.5, 0.6) is 0 Å². The molecular formula is C130H91Br3N4O2S. The van der Waals surface area contributed by atoms with Crippen LogP contribution in [0.15, 0.2) is 532 Å². The van der Waals surface area contributed by atoms with E-state index in [1.165, 1.54) is 158 Å². The van der Waals surface area contributed by atoms with Gasteiger partial charge >= 0.3 is 0 Å². The van der Waals surface area contributed by atoms with E-state index in [0.29, 0.717) is 0 Å². The van der Waals surface area contributed by atoms with Crippen LogP contribution in [0.2, 0.25) is 0 Å². The fourth-order valence-corrected chi connectivity index (χ4v) is 21.7. The van der Waals surface area contributed by atoms with Gasteiger partial charge in [-0.3, -0.25) is 0 Å². The van der Waals surface area contributed by atoms with Crippen LogP contribution in [-0.4, -0.2) is 13.7 Å². The highest BCUT2D eigenvalue weighted by Crippen LogP contribution is 2.46. The van der Waals surface area contributed by atoms with Gasteiger partial charge in [0.15, 0.2) is 0 Å². The highest BCUT2D eigenvalue weighted by Gasteiger charge is 2.24. The Balaban J connectivity index is 0.000000118. The summed E-state index contributed by atoms with van der Waals surface area (Å²) < 4.78 is 22.4. The number of fused-ring (bicyclic) bond motifs is 15. The van der Waals surface area contributed by atoms with E-state index in [-0.39, 0.29) is 0 Å². The van der Waals surface area contributed by atoms with E-state index in [0.717, 1.165) is 123 Å². The van der Waals surface area contributed by atoms with Crippen molar-refractivity contribution in [3.8, 4) is 87.9 Å². The first-order chi connectivity index (χ1) is 68.8. The average Bonchev–Trinajstić information content (AvgIpc) is 1.63. The molecule has 0 unspecified atom stereocenters. The molecule has 6 nitrogen and oxygen atoms in total. The van der Waals surface area contributed by atoms with Crippen molar-refractivity contribution in [2.75, 3.05) is 4.90 Å². The van der Waals surface area contributed by atoms with Crippen LogP contribution in [0.1, 0.15) is 25.7 Å². The lowest BCUT2D eigenvalue weighted by atomic mass is 9.90. The number of allylic oxidation sites excluding steroid dienone is 16. The Morgan fingerprint density at radius 3 is 1.16 bits per heavy atom. The third-order valence-electron chi connectivity index (χ3n) is 27.1. The standard InChI is InChI=1S/C48H28BrNO2.C42H33BrN2.C40H30BrNS/c49-35-17-9-29(10-18-35)30-11-19-36(20-12-30)50-43-21-13-31(33-15-23-47-41(27-33)37-5-1-3-7-45(37)51-47)25-39(43)40-26-32(14-22-44(40)50)34-16-24-48-42(28-34)38-6-2-4-8-46(38)52-48;43-34-22-15-30(16-23-34)31-17-24-37(25-18-31)44(35-9-3-1-4-10-35)38-26-19-32(20-27-38)33-21-28-42-40(29-33)39-13-7-8-14-41(39)45(42)36-11-5-2-6-12-36;1-27(14-16-29(3)41)28(2)15-17-30(4)42-37-13-9-8-12-35(37)36-26-34(22-23-38(36)42)31-18-20-33(21-19-31)40-25-24-39(43-40)32-10-6-5-7-11-32/h1-28H;1-15,17,19-22,24,26-29H,16,18,23,25H2;5-26H,1-4H2/b;;16-14-,17-15-. The van der Waals surface area contributed by atoms with Crippen LogP contribution in [0, 0.1) is 0 Å². The van der Waals surface area contributed by atoms with Crippen LogP contribution < -0.4 is 4.90 Å². The molecule has 10 heteroatoms. The highest BCUT2D eigenvalue weighted by atomic mass is 79.9. The molecule has 0 aliphatic heterocycles. The maximum Gasteiger partial charge on any atom is 0.135 e. The molecule has 140 heavy (non-hydrogen) atoms. The summed E-state index contributed by atoms with van der Waals surface area (Å²) >= 11 is 12.4. The zero-order valence-corrected chi connectivity index (χ0v) is 82.2. The smallest absolute Gasteiger partial charge is 0.135 e. The normalized spacial score (nSPS) is 12.8. The number of benzene rings is 17.